The highest BCUT2D eigenvalue weighted by molar-refractivity contribution is 5.71. The highest BCUT2D eigenvalue weighted by Crippen LogP contribution is 2.30. The summed E-state index contributed by atoms with van der Waals surface area (Å²) in [6.45, 7) is 0.219. The number of nitrogens with one attached hydrogen (secondary N) is 1. The lowest BCUT2D eigenvalue weighted by Gasteiger charge is -2.13. The molecule has 0 unspecified atom stereocenters. The van der Waals surface area contributed by atoms with E-state index in [0.29, 0.717) is 5.75 Å². The first-order valence-electron chi connectivity index (χ1n) is 8.35. The fourth-order valence-corrected chi connectivity index (χ4v) is 2.58. The van der Waals surface area contributed by atoms with Crippen molar-refractivity contribution in [3.63, 3.8) is 0 Å². The Hall–Kier alpha value is -3.66. The van der Waals surface area contributed by atoms with Crippen LogP contribution in [0.15, 0.2) is 54.6 Å². The summed E-state index contributed by atoms with van der Waals surface area (Å²) in [7, 11) is 0. The summed E-state index contributed by atoms with van der Waals surface area (Å²) in [5, 5.41) is 0. The van der Waals surface area contributed by atoms with Crippen LogP contribution < -0.4 is 32.2 Å². The fourth-order valence-electron chi connectivity index (χ4n) is 2.58. The van der Waals surface area contributed by atoms with E-state index in [4.69, 9.17) is 22.0 Å². The van der Waals surface area contributed by atoms with E-state index >= 15 is 0 Å². The average Bonchev–Trinajstić information content (AvgIpc) is 2.68. The lowest BCUT2D eigenvalue weighted by molar-refractivity contribution is -0.274. The van der Waals surface area contributed by atoms with Crippen LogP contribution in [-0.4, -0.2) is 11.3 Å². The fraction of sp³-hybridized carbons (Fsp3) is 0.105. The lowest BCUT2D eigenvalue weighted by Crippen LogP contribution is -2.16. The maximum Gasteiger partial charge on any atom is 0.573 e. The van der Waals surface area contributed by atoms with E-state index in [-0.39, 0.29) is 29.7 Å². The summed E-state index contributed by atoms with van der Waals surface area (Å²) in [6, 6.07) is 14.4. The molecule has 1 heterocycles. The quantitative estimate of drug-likeness (QED) is 0.365. The Morgan fingerprint density at radius 1 is 0.931 bits per heavy atom. The van der Waals surface area contributed by atoms with E-state index < -0.39 is 6.36 Å². The second kappa shape index (κ2) is 8.15. The monoisotopic (exact) mass is 405 g/mol. The third-order valence-electron chi connectivity index (χ3n) is 3.95. The summed E-state index contributed by atoms with van der Waals surface area (Å²) in [6.07, 6.45) is -4.72. The van der Waals surface area contributed by atoms with Crippen molar-refractivity contribution in [1.82, 2.24) is 4.98 Å². The van der Waals surface area contributed by atoms with Gasteiger partial charge < -0.3 is 26.4 Å². The summed E-state index contributed by atoms with van der Waals surface area (Å²) >= 11 is 0. The van der Waals surface area contributed by atoms with Gasteiger partial charge in [0.25, 0.3) is 0 Å². The van der Waals surface area contributed by atoms with Gasteiger partial charge in [0.15, 0.2) is 5.82 Å². The summed E-state index contributed by atoms with van der Waals surface area (Å²) in [5.41, 5.74) is 16.6. The molecule has 7 nitrogen and oxygen atoms in total. The van der Waals surface area contributed by atoms with Crippen LogP contribution >= 0.6 is 0 Å². The van der Waals surface area contributed by atoms with Gasteiger partial charge in [0.05, 0.1) is 0 Å². The normalized spacial score (nSPS) is 11.2. The number of aromatic nitrogens is 1. The van der Waals surface area contributed by atoms with Gasteiger partial charge in [-0.1, -0.05) is 36.4 Å². The third-order valence-corrected chi connectivity index (χ3v) is 3.95. The van der Waals surface area contributed by atoms with Gasteiger partial charge in [0, 0.05) is 6.07 Å². The van der Waals surface area contributed by atoms with Crippen LogP contribution in [0.1, 0.15) is 5.56 Å². The number of alkyl halides is 3. The van der Waals surface area contributed by atoms with Crippen LogP contribution in [0.3, 0.4) is 0 Å². The maximum atomic E-state index is 12.2. The molecule has 1 aromatic heterocycles. The number of rotatable bonds is 6. The minimum Gasteiger partial charge on any atom is -0.486 e. The highest BCUT2D eigenvalue weighted by atomic mass is 19.4. The first kappa shape index (κ1) is 20.1. The summed E-state index contributed by atoms with van der Waals surface area (Å²) in [5.74, 6) is 5.83. The molecule has 10 heteroatoms. The number of halogens is 3. The van der Waals surface area contributed by atoms with E-state index in [9.17, 15) is 13.2 Å². The molecule has 2 aromatic carbocycles. The number of hydrogen-bond acceptors (Lipinski definition) is 7. The predicted octanol–water partition coefficient (Wildman–Crippen LogP) is 3.68. The second-order valence-corrected chi connectivity index (χ2v) is 6.01. The van der Waals surface area contributed by atoms with Crippen molar-refractivity contribution in [3.8, 4) is 22.6 Å². The molecule has 152 valence electrons. The zero-order chi connectivity index (χ0) is 21.0. The Labute approximate surface area is 164 Å². The van der Waals surface area contributed by atoms with Crippen molar-refractivity contribution in [2.24, 2.45) is 5.84 Å². The molecule has 0 fully saturated rings. The minimum absolute atomic E-state index is 0.204. The largest absolute Gasteiger partial charge is 0.573 e. The number of nitrogen functional groups attached to an aromatic ring is 3. The average molecular weight is 405 g/mol. The number of nitrogens with two attached hydrogens (primary N) is 3. The standard InChI is InChI=1S/C19H18F3N5O2/c20-19(21,22)29-14-7-5-13(6-8-14)12-3-1-11(2-4-12)10-28-15-9-16(23)26-18(27-25)17(15)24/h1-9H,10,24-25H2,(H3,23,26,27). The first-order chi connectivity index (χ1) is 13.7. The summed E-state index contributed by atoms with van der Waals surface area (Å²) in [4.78, 5) is 3.94. The number of pyridine rings is 1. The Balaban J connectivity index is 1.67. The molecule has 3 rings (SSSR count). The van der Waals surface area contributed by atoms with Gasteiger partial charge in [-0.2, -0.15) is 0 Å². The van der Waals surface area contributed by atoms with Crippen molar-refractivity contribution < 1.29 is 22.6 Å². The Kier molecular flexibility index (Phi) is 5.64. The van der Waals surface area contributed by atoms with Gasteiger partial charge in [-0.3, -0.25) is 0 Å². The molecular weight excluding hydrogens is 387 g/mol. The summed E-state index contributed by atoms with van der Waals surface area (Å²) < 4.78 is 46.3. The van der Waals surface area contributed by atoms with Gasteiger partial charge >= 0.3 is 6.36 Å². The molecule has 0 aliphatic rings. The molecule has 0 amide bonds. The van der Waals surface area contributed by atoms with Gasteiger partial charge in [-0.05, 0) is 28.8 Å². The Morgan fingerprint density at radius 2 is 1.52 bits per heavy atom. The SMILES string of the molecule is NNc1nc(N)cc(OCc2ccc(-c3ccc(OC(F)(F)F)cc3)cc2)c1N. The van der Waals surface area contributed by atoms with E-state index in [1.165, 1.54) is 18.2 Å². The Morgan fingerprint density at radius 3 is 2.07 bits per heavy atom. The van der Waals surface area contributed by atoms with E-state index in [0.717, 1.165) is 16.7 Å². The smallest absolute Gasteiger partial charge is 0.486 e. The van der Waals surface area contributed by atoms with Crippen LogP contribution in [0, 0.1) is 0 Å². The molecule has 0 aliphatic carbocycles. The van der Waals surface area contributed by atoms with E-state index in [1.807, 2.05) is 24.3 Å². The number of benzene rings is 2. The van der Waals surface area contributed by atoms with E-state index in [2.05, 4.69) is 15.1 Å². The number of nitrogens with zero attached hydrogens (tertiary/aromatic N) is 1. The van der Waals surface area contributed by atoms with Crippen molar-refractivity contribution in [2.45, 2.75) is 13.0 Å². The zero-order valence-electron chi connectivity index (χ0n) is 15.0. The molecule has 29 heavy (non-hydrogen) atoms. The molecule has 3 aromatic rings. The van der Waals surface area contributed by atoms with Crippen LogP contribution in [-0.2, 0) is 6.61 Å². The van der Waals surface area contributed by atoms with Gasteiger partial charge in [0.2, 0.25) is 0 Å². The molecule has 0 atom stereocenters. The lowest BCUT2D eigenvalue weighted by atomic mass is 10.0. The van der Waals surface area contributed by atoms with Gasteiger partial charge in [0.1, 0.15) is 29.6 Å². The van der Waals surface area contributed by atoms with Crippen LogP contribution in [0.2, 0.25) is 0 Å². The number of hydrazine groups is 1. The van der Waals surface area contributed by atoms with Crippen LogP contribution in [0.4, 0.5) is 30.5 Å². The molecule has 0 spiro atoms. The van der Waals surface area contributed by atoms with Crippen LogP contribution in [0.5, 0.6) is 11.5 Å². The number of ether oxygens (including phenoxy) is 2. The van der Waals surface area contributed by atoms with Gasteiger partial charge in [-0.15, -0.1) is 13.2 Å². The van der Waals surface area contributed by atoms with Crippen molar-refractivity contribution in [3.05, 3.63) is 60.2 Å². The first-order valence-corrected chi connectivity index (χ1v) is 8.35. The second-order valence-electron chi connectivity index (χ2n) is 6.01. The van der Waals surface area contributed by atoms with Crippen LogP contribution in [0.25, 0.3) is 11.1 Å². The topological polar surface area (TPSA) is 121 Å². The molecule has 0 saturated heterocycles. The molecular formula is C19H18F3N5O2. The third kappa shape index (κ3) is 5.20. The van der Waals surface area contributed by atoms with Crippen molar-refractivity contribution in [2.75, 3.05) is 16.9 Å². The molecule has 0 aliphatic heterocycles. The number of anilines is 3. The zero-order valence-corrected chi connectivity index (χ0v) is 15.0. The predicted molar refractivity (Wildman–Crippen MR) is 104 cm³/mol. The van der Waals surface area contributed by atoms with Gasteiger partial charge in [-0.25, -0.2) is 10.8 Å². The van der Waals surface area contributed by atoms with E-state index in [1.54, 1.807) is 12.1 Å². The highest BCUT2D eigenvalue weighted by Gasteiger charge is 2.30. The number of hydrogen-bond donors (Lipinski definition) is 4. The molecule has 0 saturated carbocycles. The maximum absolute atomic E-state index is 12.2. The Bertz CT molecular complexity index is 977. The molecule has 0 radical (unpaired) electrons. The molecule has 0 bridgehead atoms. The molecule has 7 N–H and O–H groups in total. The minimum atomic E-state index is -4.72. The van der Waals surface area contributed by atoms with Crippen molar-refractivity contribution in [1.29, 1.82) is 0 Å². The van der Waals surface area contributed by atoms with Crippen molar-refractivity contribution >= 4 is 17.3 Å².